The Morgan fingerprint density at radius 3 is 2.67 bits per heavy atom. The zero-order valence-electron chi connectivity index (χ0n) is 9.52. The highest BCUT2D eigenvalue weighted by molar-refractivity contribution is 7.91. The first-order valence-corrected chi connectivity index (χ1v) is 5.88. The van der Waals surface area contributed by atoms with Gasteiger partial charge in [0.15, 0.2) is 0 Å². The third-order valence-corrected chi connectivity index (χ3v) is 3.22. The molecule has 3 nitrogen and oxygen atoms in total. The molecule has 0 fully saturated rings. The molecule has 0 saturated carbocycles. The molecule has 4 heteroatoms. The van der Waals surface area contributed by atoms with Crippen LogP contribution < -0.4 is 0 Å². The summed E-state index contributed by atoms with van der Waals surface area (Å²) in [4.78, 5) is 3.98. The summed E-state index contributed by atoms with van der Waals surface area (Å²) in [5.41, 5.74) is 2.00. The second-order valence-corrected chi connectivity index (χ2v) is 6.26. The molecule has 0 aliphatic heterocycles. The lowest BCUT2D eigenvalue weighted by atomic mass is 10.2. The highest BCUT2D eigenvalue weighted by Gasteiger charge is 2.25. The maximum Gasteiger partial charge on any atom is 0.144 e. The Labute approximate surface area is 94.0 Å². The molecule has 82 valence electrons. The predicted molar refractivity (Wildman–Crippen MR) is 64.5 cm³/mol. The van der Waals surface area contributed by atoms with Crippen molar-refractivity contribution >= 4 is 17.6 Å². The number of nitrogens with zero attached hydrogens (tertiary/aromatic N) is 2. The first kappa shape index (κ1) is 12.2. The van der Waals surface area contributed by atoms with Crippen LogP contribution in [-0.2, 0) is 11.4 Å². The molecule has 0 radical (unpaired) electrons. The Morgan fingerprint density at radius 2 is 2.13 bits per heavy atom. The molecule has 1 atom stereocenters. The van der Waals surface area contributed by atoms with Crippen LogP contribution in [0.5, 0.6) is 0 Å². The minimum atomic E-state index is -1.20. The van der Waals surface area contributed by atoms with Gasteiger partial charge in [-0.15, -0.1) is 0 Å². The summed E-state index contributed by atoms with van der Waals surface area (Å²) in [6, 6.07) is 1.86. The van der Waals surface area contributed by atoms with Crippen molar-refractivity contribution in [1.29, 1.82) is 0 Å². The highest BCUT2D eigenvalue weighted by atomic mass is 32.2. The van der Waals surface area contributed by atoms with Crippen LogP contribution in [-0.4, -0.2) is 20.5 Å². The predicted octanol–water partition coefficient (Wildman–Crippen LogP) is 2.27. The van der Waals surface area contributed by atoms with Gasteiger partial charge in [0.2, 0.25) is 0 Å². The van der Waals surface area contributed by atoms with Gasteiger partial charge in [-0.3, -0.25) is 4.98 Å². The Morgan fingerprint density at radius 1 is 1.47 bits per heavy atom. The van der Waals surface area contributed by atoms with E-state index in [1.165, 1.54) is 0 Å². The van der Waals surface area contributed by atoms with Gasteiger partial charge in [-0.25, -0.2) is 0 Å². The van der Waals surface area contributed by atoms with Gasteiger partial charge in [0.1, 0.15) is 16.1 Å². The summed E-state index contributed by atoms with van der Waals surface area (Å²) in [6.07, 6.45) is 5.12. The Kier molecular flexibility index (Phi) is 3.88. The fraction of sp³-hybridized carbons (Fsp3) is 0.455. The summed E-state index contributed by atoms with van der Waals surface area (Å²) in [6.45, 7) is 7.66. The number of rotatable bonds is 2. The van der Waals surface area contributed by atoms with E-state index in [0.29, 0.717) is 0 Å². The van der Waals surface area contributed by atoms with Gasteiger partial charge in [-0.2, -0.15) is 0 Å². The molecule has 0 N–H and O–H groups in total. The van der Waals surface area contributed by atoms with Crippen LogP contribution in [0.25, 0.3) is 0 Å². The number of hydrogen-bond acceptors (Lipinski definition) is 3. The number of hydrogen-bond donors (Lipinski definition) is 0. The van der Waals surface area contributed by atoms with Crippen molar-refractivity contribution in [2.24, 2.45) is 4.40 Å². The van der Waals surface area contributed by atoms with Crippen molar-refractivity contribution in [3.8, 4) is 0 Å². The van der Waals surface area contributed by atoms with Crippen LogP contribution in [0.15, 0.2) is 22.9 Å². The topological polar surface area (TPSA) is 48.3 Å². The van der Waals surface area contributed by atoms with Crippen LogP contribution in [0, 0.1) is 6.92 Å². The quantitative estimate of drug-likeness (QED) is 0.571. The first-order chi connectivity index (χ1) is 6.91. The minimum Gasteiger partial charge on any atom is -0.591 e. The van der Waals surface area contributed by atoms with Gasteiger partial charge in [0.05, 0.1) is 6.21 Å². The monoisotopic (exact) mass is 224 g/mol. The molecule has 0 unspecified atom stereocenters. The molecule has 0 amide bonds. The van der Waals surface area contributed by atoms with Crippen molar-refractivity contribution in [2.75, 3.05) is 0 Å². The van der Waals surface area contributed by atoms with E-state index in [1.54, 1.807) is 18.6 Å². The maximum atomic E-state index is 11.6. The molecule has 1 heterocycles. The van der Waals surface area contributed by atoms with E-state index in [-0.39, 0.29) is 4.75 Å². The van der Waals surface area contributed by atoms with Gasteiger partial charge in [-0.05, 0) is 39.3 Å². The van der Waals surface area contributed by atoms with Crippen LogP contribution >= 0.6 is 0 Å². The van der Waals surface area contributed by atoms with E-state index >= 15 is 0 Å². The molecule has 0 saturated heterocycles. The Balaban J connectivity index is 2.79. The van der Waals surface area contributed by atoms with Crippen molar-refractivity contribution in [3.63, 3.8) is 0 Å². The largest absolute Gasteiger partial charge is 0.591 e. The van der Waals surface area contributed by atoms with E-state index in [4.69, 9.17) is 0 Å². The van der Waals surface area contributed by atoms with Crippen molar-refractivity contribution in [1.82, 2.24) is 4.98 Å². The lowest BCUT2D eigenvalue weighted by molar-refractivity contribution is 0.562. The number of aromatic nitrogens is 1. The molecule has 0 aliphatic carbocycles. The summed E-state index contributed by atoms with van der Waals surface area (Å²) < 4.78 is 15.4. The fourth-order valence-electron chi connectivity index (χ4n) is 0.892. The molecule has 0 spiro atoms. The minimum absolute atomic E-state index is 0.308. The maximum absolute atomic E-state index is 11.6. The molecule has 0 aromatic carbocycles. The van der Waals surface area contributed by atoms with Crippen molar-refractivity contribution < 1.29 is 4.55 Å². The van der Waals surface area contributed by atoms with E-state index < -0.39 is 11.4 Å². The van der Waals surface area contributed by atoms with Gasteiger partial charge >= 0.3 is 0 Å². The summed E-state index contributed by atoms with van der Waals surface area (Å²) in [5.74, 6) is 0. The van der Waals surface area contributed by atoms with Gasteiger partial charge in [-0.1, -0.05) is 4.40 Å². The lowest BCUT2D eigenvalue weighted by Gasteiger charge is -2.17. The van der Waals surface area contributed by atoms with Crippen LogP contribution in [0.3, 0.4) is 0 Å². The summed E-state index contributed by atoms with van der Waals surface area (Å²) in [5, 5.41) is 0. The zero-order chi connectivity index (χ0) is 11.5. The fourth-order valence-corrected chi connectivity index (χ4v) is 1.42. The van der Waals surface area contributed by atoms with E-state index in [0.717, 1.165) is 11.1 Å². The second kappa shape index (κ2) is 4.77. The van der Waals surface area contributed by atoms with E-state index in [2.05, 4.69) is 9.38 Å². The van der Waals surface area contributed by atoms with Gasteiger partial charge < -0.3 is 4.55 Å². The Bertz CT molecular complexity index is 358. The third-order valence-electron chi connectivity index (χ3n) is 1.88. The molecule has 1 rings (SSSR count). The van der Waals surface area contributed by atoms with Crippen LogP contribution in [0.2, 0.25) is 0 Å². The smallest absolute Gasteiger partial charge is 0.144 e. The SMILES string of the molecule is Cc1cnccc1/C=N\[S@@+]([O-])C(C)(C)C. The number of pyridine rings is 1. The molecular weight excluding hydrogens is 208 g/mol. The standard InChI is InChI=1S/C11H16N2OS/c1-9-7-12-6-5-10(9)8-13-15(14)11(2,3)4/h5-8H,1-4H3/b13-8-/t15-/m0/s1. The van der Waals surface area contributed by atoms with Crippen molar-refractivity contribution in [3.05, 3.63) is 29.6 Å². The first-order valence-electron chi connectivity index (χ1n) is 4.78. The molecule has 15 heavy (non-hydrogen) atoms. The van der Waals surface area contributed by atoms with E-state index in [1.807, 2.05) is 33.8 Å². The normalized spacial score (nSPS) is 14.5. The van der Waals surface area contributed by atoms with Crippen molar-refractivity contribution in [2.45, 2.75) is 32.4 Å². The zero-order valence-corrected chi connectivity index (χ0v) is 10.3. The highest BCUT2D eigenvalue weighted by Crippen LogP contribution is 2.17. The molecule has 0 bridgehead atoms. The van der Waals surface area contributed by atoms with Gasteiger partial charge in [0, 0.05) is 18.0 Å². The average Bonchev–Trinajstić information content (AvgIpc) is 2.14. The Hall–Kier alpha value is -0.870. The second-order valence-electron chi connectivity index (χ2n) is 4.33. The molecular formula is C11H16N2OS. The third kappa shape index (κ3) is 3.64. The summed E-state index contributed by atoms with van der Waals surface area (Å²) >= 11 is -1.20. The van der Waals surface area contributed by atoms with Crippen LogP contribution in [0.1, 0.15) is 31.9 Å². The average molecular weight is 224 g/mol. The van der Waals surface area contributed by atoms with Gasteiger partial charge in [0.25, 0.3) is 0 Å². The molecule has 1 aromatic heterocycles. The molecule has 1 aromatic rings. The van der Waals surface area contributed by atoms with E-state index in [9.17, 15) is 4.55 Å². The molecule has 0 aliphatic rings. The number of aryl methyl sites for hydroxylation is 1. The lowest BCUT2D eigenvalue weighted by Crippen LogP contribution is -2.25. The van der Waals surface area contributed by atoms with Crippen LogP contribution in [0.4, 0.5) is 0 Å². The summed E-state index contributed by atoms with van der Waals surface area (Å²) in [7, 11) is 0.